The molecule has 1 fully saturated rings. The van der Waals surface area contributed by atoms with Crippen molar-refractivity contribution in [2.24, 2.45) is 0 Å². The van der Waals surface area contributed by atoms with Crippen molar-refractivity contribution in [1.29, 1.82) is 0 Å². The van der Waals surface area contributed by atoms with Gasteiger partial charge in [-0.25, -0.2) is 0 Å². The van der Waals surface area contributed by atoms with E-state index in [0.29, 0.717) is 33.2 Å². The number of rotatable bonds is 11. The van der Waals surface area contributed by atoms with E-state index in [1.165, 1.54) is 0 Å². The van der Waals surface area contributed by atoms with Gasteiger partial charge in [0.15, 0.2) is 11.5 Å². The summed E-state index contributed by atoms with van der Waals surface area (Å²) < 4.78 is 17.0. The minimum atomic E-state index is -1.02. The summed E-state index contributed by atoms with van der Waals surface area (Å²) >= 11 is 6.04. The van der Waals surface area contributed by atoms with E-state index in [1.807, 2.05) is 34.6 Å². The molecule has 0 heterocycles. The van der Waals surface area contributed by atoms with Crippen LogP contribution in [-0.2, 0) is 16.0 Å². The number of halogens is 1. The van der Waals surface area contributed by atoms with Crippen molar-refractivity contribution < 1.29 is 29.2 Å². The second-order valence-electron chi connectivity index (χ2n) is 11.4. The predicted octanol–water partition coefficient (Wildman–Crippen LogP) is 4.87. The van der Waals surface area contributed by atoms with Crippen molar-refractivity contribution in [3.05, 3.63) is 58.1 Å². The number of hydrogen-bond acceptors (Lipinski definition) is 7. The molecule has 1 aliphatic rings. The maximum absolute atomic E-state index is 13.2. The molecule has 2 atom stereocenters. The summed E-state index contributed by atoms with van der Waals surface area (Å²) in [5.74, 6) is 0.871. The normalized spacial score (nSPS) is 19.4. The van der Waals surface area contributed by atoms with Crippen LogP contribution in [0.5, 0.6) is 11.5 Å². The van der Waals surface area contributed by atoms with Gasteiger partial charge in [-0.1, -0.05) is 23.7 Å². The highest BCUT2D eigenvalue weighted by Gasteiger charge is 2.27. The van der Waals surface area contributed by atoms with E-state index in [1.54, 1.807) is 43.5 Å². The summed E-state index contributed by atoms with van der Waals surface area (Å²) in [6.07, 6.45) is 1.18. The molecule has 0 aromatic heterocycles. The van der Waals surface area contributed by atoms with Crippen LogP contribution in [0.3, 0.4) is 0 Å². The molecule has 0 spiro atoms. The lowest BCUT2D eigenvalue weighted by atomic mass is 9.90. The average molecular weight is 563 g/mol. The quantitative estimate of drug-likeness (QED) is 0.289. The number of methoxy groups -OCH3 is 1. The first-order chi connectivity index (χ1) is 18.3. The fraction of sp³-hybridized carbons (Fsp3) is 0.567. The van der Waals surface area contributed by atoms with Crippen LogP contribution in [0, 0.1) is 0 Å². The van der Waals surface area contributed by atoms with Crippen LogP contribution in [-0.4, -0.2) is 53.4 Å². The second kappa shape index (κ2) is 13.8. The lowest BCUT2D eigenvalue weighted by molar-refractivity contribution is -0.186. The topological polar surface area (TPSA) is 109 Å². The van der Waals surface area contributed by atoms with Gasteiger partial charge < -0.3 is 29.7 Å². The van der Waals surface area contributed by atoms with E-state index in [4.69, 9.17) is 25.8 Å². The summed E-state index contributed by atoms with van der Waals surface area (Å²) in [6, 6.07) is 10.6. The molecule has 0 bridgehead atoms. The Kier molecular flexibility index (Phi) is 11.0. The van der Waals surface area contributed by atoms with E-state index < -0.39 is 18.1 Å². The maximum Gasteiger partial charge on any atom is 0.224 e. The van der Waals surface area contributed by atoms with Gasteiger partial charge in [-0.3, -0.25) is 10.1 Å². The van der Waals surface area contributed by atoms with E-state index >= 15 is 0 Å². The van der Waals surface area contributed by atoms with Gasteiger partial charge >= 0.3 is 0 Å². The highest BCUT2D eigenvalue weighted by atomic mass is 35.5. The van der Waals surface area contributed by atoms with E-state index in [0.717, 1.165) is 25.7 Å². The first-order valence-electron chi connectivity index (χ1n) is 13.6. The van der Waals surface area contributed by atoms with E-state index in [-0.39, 0.29) is 30.5 Å². The SMILES string of the molecule is COc1cc(CC(=O)NC2CCC(NC(O)OC(C)(C)C)CC2)c(C(O)c2ccc(Cl)cc2)cc1OC(C)C. The lowest BCUT2D eigenvalue weighted by Gasteiger charge is -2.33. The minimum absolute atomic E-state index is 0.0336. The lowest BCUT2D eigenvalue weighted by Crippen LogP contribution is -2.47. The van der Waals surface area contributed by atoms with Gasteiger partial charge in [-0.05, 0) is 101 Å². The predicted molar refractivity (Wildman–Crippen MR) is 152 cm³/mol. The second-order valence-corrected chi connectivity index (χ2v) is 11.8. The van der Waals surface area contributed by atoms with Crippen LogP contribution in [0.1, 0.15) is 83.1 Å². The summed E-state index contributed by atoms with van der Waals surface area (Å²) in [7, 11) is 1.55. The molecule has 9 heteroatoms. The van der Waals surface area contributed by atoms with Crippen molar-refractivity contribution in [1.82, 2.24) is 10.6 Å². The van der Waals surface area contributed by atoms with E-state index in [9.17, 15) is 15.0 Å². The van der Waals surface area contributed by atoms with Gasteiger partial charge in [0.2, 0.25) is 12.3 Å². The molecule has 2 unspecified atom stereocenters. The summed E-state index contributed by atoms with van der Waals surface area (Å²) in [6.45, 7) is 9.51. The zero-order chi connectivity index (χ0) is 28.7. The number of benzene rings is 2. The third kappa shape index (κ3) is 9.65. The minimum Gasteiger partial charge on any atom is -0.493 e. The van der Waals surface area contributed by atoms with Gasteiger partial charge in [0.05, 0.1) is 25.2 Å². The molecule has 1 aliphatic carbocycles. The van der Waals surface area contributed by atoms with Crippen LogP contribution < -0.4 is 20.1 Å². The molecule has 0 aliphatic heterocycles. The number of carbonyl (C=O) groups excluding carboxylic acids is 1. The molecule has 216 valence electrons. The van der Waals surface area contributed by atoms with Crippen molar-refractivity contribution >= 4 is 17.5 Å². The van der Waals surface area contributed by atoms with Crippen molar-refractivity contribution in [3.8, 4) is 11.5 Å². The van der Waals surface area contributed by atoms with Gasteiger partial charge in [0.25, 0.3) is 0 Å². The zero-order valence-corrected chi connectivity index (χ0v) is 24.5. The fourth-order valence-electron chi connectivity index (χ4n) is 4.78. The summed E-state index contributed by atoms with van der Waals surface area (Å²) in [5.41, 5.74) is 1.44. The highest BCUT2D eigenvalue weighted by molar-refractivity contribution is 6.30. The number of hydrogen-bond donors (Lipinski definition) is 4. The van der Waals surface area contributed by atoms with Crippen molar-refractivity contribution in [2.45, 2.75) is 103 Å². The van der Waals surface area contributed by atoms with E-state index in [2.05, 4.69) is 10.6 Å². The van der Waals surface area contributed by atoms with Crippen molar-refractivity contribution in [2.75, 3.05) is 7.11 Å². The Morgan fingerprint density at radius 1 is 1.03 bits per heavy atom. The number of amides is 1. The molecule has 2 aromatic rings. The van der Waals surface area contributed by atoms with Crippen LogP contribution in [0.4, 0.5) is 0 Å². The Bertz CT molecular complexity index is 1080. The highest BCUT2D eigenvalue weighted by Crippen LogP contribution is 2.37. The molecular formula is C30H43ClN2O6. The number of aliphatic hydroxyl groups excluding tert-OH is 2. The molecule has 0 radical (unpaired) electrons. The first kappa shape index (κ1) is 31.2. The molecule has 1 amide bonds. The molecule has 3 rings (SSSR count). The number of nitrogens with one attached hydrogen (secondary N) is 2. The Morgan fingerprint density at radius 3 is 2.21 bits per heavy atom. The third-order valence-corrected chi connectivity index (χ3v) is 6.81. The molecule has 4 N–H and O–H groups in total. The Labute approximate surface area is 237 Å². The summed E-state index contributed by atoms with van der Waals surface area (Å²) in [4.78, 5) is 13.2. The molecule has 0 saturated heterocycles. The first-order valence-corrected chi connectivity index (χ1v) is 13.9. The zero-order valence-electron chi connectivity index (χ0n) is 23.8. The van der Waals surface area contributed by atoms with Crippen LogP contribution >= 0.6 is 11.6 Å². The van der Waals surface area contributed by atoms with Gasteiger partial charge in [0.1, 0.15) is 6.10 Å². The Morgan fingerprint density at radius 2 is 1.64 bits per heavy atom. The third-order valence-electron chi connectivity index (χ3n) is 6.56. The Hall–Kier alpha value is -2.36. The molecule has 2 aromatic carbocycles. The van der Waals surface area contributed by atoms with Crippen molar-refractivity contribution in [3.63, 3.8) is 0 Å². The smallest absolute Gasteiger partial charge is 0.224 e. The molecule has 8 nitrogen and oxygen atoms in total. The monoisotopic (exact) mass is 562 g/mol. The Balaban J connectivity index is 1.70. The van der Waals surface area contributed by atoms with Gasteiger partial charge in [0, 0.05) is 17.1 Å². The van der Waals surface area contributed by atoms with Gasteiger partial charge in [-0.15, -0.1) is 0 Å². The standard InChI is InChI=1S/C30H43ClN2O6/c1-18(2)38-26-17-24(28(35)19-7-9-21(31)10-8-19)20(15-25(26)37-6)16-27(34)32-22-11-13-23(14-12-22)33-29(36)39-30(3,4)5/h7-10,15,17-18,22-23,28-29,33,35-36H,11-14,16H2,1-6H3,(H,32,34). The summed E-state index contributed by atoms with van der Waals surface area (Å²) in [5, 5.41) is 28.3. The number of carbonyl (C=O) groups is 1. The number of aliphatic hydroxyl groups is 2. The average Bonchev–Trinajstić information content (AvgIpc) is 2.84. The largest absolute Gasteiger partial charge is 0.493 e. The van der Waals surface area contributed by atoms with Crippen LogP contribution in [0.15, 0.2) is 36.4 Å². The fourth-order valence-corrected chi connectivity index (χ4v) is 4.91. The van der Waals surface area contributed by atoms with Gasteiger partial charge in [-0.2, -0.15) is 0 Å². The molecular weight excluding hydrogens is 520 g/mol. The number of ether oxygens (including phenoxy) is 3. The molecule has 39 heavy (non-hydrogen) atoms. The molecule has 1 saturated carbocycles. The van der Waals surface area contributed by atoms with Crippen LogP contribution in [0.2, 0.25) is 5.02 Å². The van der Waals surface area contributed by atoms with Crippen LogP contribution in [0.25, 0.3) is 0 Å². The maximum atomic E-state index is 13.2.